The second-order valence-corrected chi connectivity index (χ2v) is 6.40. The van der Waals surface area contributed by atoms with E-state index in [9.17, 15) is 4.79 Å². The normalized spacial score (nSPS) is 11.6. The molecule has 0 fully saturated rings. The van der Waals surface area contributed by atoms with Gasteiger partial charge >= 0.3 is 0 Å². The third-order valence-electron chi connectivity index (χ3n) is 4.36. The van der Waals surface area contributed by atoms with Crippen molar-refractivity contribution in [2.75, 3.05) is 41.5 Å². The Morgan fingerprint density at radius 2 is 1.70 bits per heavy atom. The Hall–Kier alpha value is -2.73. The highest BCUT2D eigenvalue weighted by Crippen LogP contribution is 2.23. The number of nitrogens with one attached hydrogen (secondary N) is 2. The van der Waals surface area contributed by atoms with Gasteiger partial charge in [-0.3, -0.25) is 4.79 Å². The number of carbonyl (C=O) groups is 1. The molecule has 0 saturated heterocycles. The van der Waals surface area contributed by atoms with Gasteiger partial charge in [-0.2, -0.15) is 0 Å². The zero-order valence-electron chi connectivity index (χ0n) is 16.5. The summed E-state index contributed by atoms with van der Waals surface area (Å²) in [5, 5.41) is 2.98. The Kier molecular flexibility index (Phi) is 7.95. The first kappa shape index (κ1) is 20.6. The van der Waals surface area contributed by atoms with Crippen LogP contribution >= 0.6 is 0 Å². The Morgan fingerprint density at radius 3 is 2.41 bits per heavy atom. The van der Waals surface area contributed by atoms with Crippen molar-refractivity contribution >= 4 is 5.91 Å². The summed E-state index contributed by atoms with van der Waals surface area (Å²) in [4.78, 5) is 13.3. The highest BCUT2D eigenvalue weighted by Gasteiger charge is 2.14. The summed E-state index contributed by atoms with van der Waals surface area (Å²) in [6, 6.07) is 13.6. The molecular formula is C21H29N2O4+. The smallest absolute Gasteiger partial charge is 0.275 e. The van der Waals surface area contributed by atoms with E-state index >= 15 is 0 Å². The molecule has 2 aromatic carbocycles. The van der Waals surface area contributed by atoms with Crippen LogP contribution in [0.25, 0.3) is 0 Å². The fourth-order valence-electron chi connectivity index (χ4n) is 2.97. The van der Waals surface area contributed by atoms with Crippen LogP contribution in [0.1, 0.15) is 11.1 Å². The van der Waals surface area contributed by atoms with Crippen LogP contribution in [0.3, 0.4) is 0 Å². The third kappa shape index (κ3) is 6.18. The van der Waals surface area contributed by atoms with Gasteiger partial charge in [0.15, 0.2) is 6.54 Å². The number of hydrogen-bond donors (Lipinski definition) is 2. The molecule has 2 aromatic rings. The molecule has 1 amide bonds. The molecule has 1 unspecified atom stereocenters. The summed E-state index contributed by atoms with van der Waals surface area (Å²) in [5.41, 5.74) is 2.13. The number of amides is 1. The lowest BCUT2D eigenvalue weighted by molar-refractivity contribution is -0.885. The zero-order valence-corrected chi connectivity index (χ0v) is 16.5. The van der Waals surface area contributed by atoms with Crippen LogP contribution in [0, 0.1) is 0 Å². The number of hydrogen-bond acceptors (Lipinski definition) is 4. The number of rotatable bonds is 10. The predicted octanol–water partition coefficient (Wildman–Crippen LogP) is 1.09. The number of ether oxygens (including phenoxy) is 3. The van der Waals surface area contributed by atoms with Gasteiger partial charge in [-0.25, -0.2) is 0 Å². The maximum absolute atomic E-state index is 12.2. The van der Waals surface area contributed by atoms with Crippen LogP contribution in [-0.2, 0) is 17.8 Å². The minimum Gasteiger partial charge on any atom is -0.497 e. The minimum absolute atomic E-state index is 0.0230. The highest BCUT2D eigenvalue weighted by molar-refractivity contribution is 5.76. The van der Waals surface area contributed by atoms with Crippen molar-refractivity contribution in [2.24, 2.45) is 0 Å². The van der Waals surface area contributed by atoms with Crippen LogP contribution in [0.15, 0.2) is 42.5 Å². The Morgan fingerprint density at radius 1 is 0.963 bits per heavy atom. The van der Waals surface area contributed by atoms with Gasteiger partial charge in [0.1, 0.15) is 23.8 Å². The fraction of sp³-hybridized carbons (Fsp3) is 0.381. The van der Waals surface area contributed by atoms with Gasteiger partial charge in [0, 0.05) is 18.2 Å². The van der Waals surface area contributed by atoms with E-state index in [1.807, 2.05) is 49.5 Å². The SMILES string of the molecule is COc1ccc(C[NH+](C)CC(=O)NCCc2ccccc2OC)c(OC)c1. The van der Waals surface area contributed by atoms with E-state index in [0.717, 1.165) is 39.7 Å². The van der Waals surface area contributed by atoms with Crippen LogP contribution in [0.5, 0.6) is 17.2 Å². The van der Waals surface area contributed by atoms with Gasteiger partial charge in [0.05, 0.1) is 28.4 Å². The molecule has 0 aliphatic heterocycles. The maximum Gasteiger partial charge on any atom is 0.275 e. The second-order valence-electron chi connectivity index (χ2n) is 6.40. The summed E-state index contributed by atoms with van der Waals surface area (Å²) in [6.45, 7) is 1.66. The standard InChI is InChI=1S/C21H28N2O4/c1-23(14-17-9-10-18(25-2)13-20(17)27-4)15-21(24)22-12-11-16-7-5-6-8-19(16)26-3/h5-10,13H,11-12,14-15H2,1-4H3,(H,22,24)/p+1. The molecule has 1 atom stereocenters. The summed E-state index contributed by atoms with van der Waals surface area (Å²) < 4.78 is 16.0. The fourth-order valence-corrected chi connectivity index (χ4v) is 2.97. The molecule has 2 N–H and O–H groups in total. The van der Waals surface area contributed by atoms with E-state index in [0.29, 0.717) is 19.6 Å². The average molecular weight is 373 g/mol. The van der Waals surface area contributed by atoms with Crippen molar-refractivity contribution in [1.29, 1.82) is 0 Å². The molecular weight excluding hydrogens is 344 g/mol. The molecule has 6 nitrogen and oxygen atoms in total. The highest BCUT2D eigenvalue weighted by atomic mass is 16.5. The number of methoxy groups -OCH3 is 3. The first-order chi connectivity index (χ1) is 13.1. The lowest BCUT2D eigenvalue weighted by Crippen LogP contribution is -3.08. The average Bonchev–Trinajstić information content (AvgIpc) is 2.68. The van der Waals surface area contributed by atoms with E-state index in [1.54, 1.807) is 21.3 Å². The molecule has 0 aromatic heterocycles. The lowest BCUT2D eigenvalue weighted by Gasteiger charge is -2.16. The van der Waals surface area contributed by atoms with Crippen LogP contribution in [0.2, 0.25) is 0 Å². The Labute approximate surface area is 161 Å². The Balaban J connectivity index is 1.82. The van der Waals surface area contributed by atoms with Crippen molar-refractivity contribution < 1.29 is 23.9 Å². The van der Waals surface area contributed by atoms with Crippen molar-refractivity contribution in [2.45, 2.75) is 13.0 Å². The van der Waals surface area contributed by atoms with Crippen molar-refractivity contribution in [3.05, 3.63) is 53.6 Å². The van der Waals surface area contributed by atoms with Gasteiger partial charge < -0.3 is 24.4 Å². The van der Waals surface area contributed by atoms with Gasteiger partial charge in [-0.1, -0.05) is 18.2 Å². The largest absolute Gasteiger partial charge is 0.497 e. The number of quaternary nitrogens is 1. The van der Waals surface area contributed by atoms with Gasteiger partial charge in [0.2, 0.25) is 0 Å². The number of para-hydroxylation sites is 1. The first-order valence-corrected chi connectivity index (χ1v) is 8.98. The van der Waals surface area contributed by atoms with E-state index in [4.69, 9.17) is 14.2 Å². The minimum atomic E-state index is 0.0230. The van der Waals surface area contributed by atoms with Crippen LogP contribution in [-0.4, -0.2) is 47.4 Å². The van der Waals surface area contributed by atoms with E-state index in [2.05, 4.69) is 5.32 Å². The molecule has 0 heterocycles. The van der Waals surface area contributed by atoms with E-state index in [-0.39, 0.29) is 5.91 Å². The van der Waals surface area contributed by atoms with Crippen molar-refractivity contribution in [1.82, 2.24) is 5.32 Å². The van der Waals surface area contributed by atoms with Crippen molar-refractivity contribution in [3.8, 4) is 17.2 Å². The molecule has 27 heavy (non-hydrogen) atoms. The zero-order chi connectivity index (χ0) is 19.6. The quantitative estimate of drug-likeness (QED) is 0.654. The van der Waals surface area contributed by atoms with E-state index < -0.39 is 0 Å². The molecule has 2 rings (SSSR count). The number of benzene rings is 2. The van der Waals surface area contributed by atoms with Crippen LogP contribution in [0.4, 0.5) is 0 Å². The van der Waals surface area contributed by atoms with Gasteiger partial charge in [0.25, 0.3) is 5.91 Å². The molecule has 0 aliphatic carbocycles. The van der Waals surface area contributed by atoms with Gasteiger partial charge in [-0.15, -0.1) is 0 Å². The number of likely N-dealkylation sites (N-methyl/N-ethyl adjacent to an activating group) is 1. The third-order valence-corrected chi connectivity index (χ3v) is 4.36. The molecule has 0 aliphatic rings. The summed E-state index contributed by atoms with van der Waals surface area (Å²) >= 11 is 0. The molecule has 0 bridgehead atoms. The summed E-state index contributed by atoms with van der Waals surface area (Å²) in [5.74, 6) is 2.39. The predicted molar refractivity (Wildman–Crippen MR) is 105 cm³/mol. The second kappa shape index (κ2) is 10.4. The molecule has 0 radical (unpaired) electrons. The summed E-state index contributed by atoms with van der Waals surface area (Å²) in [6.07, 6.45) is 0.737. The van der Waals surface area contributed by atoms with Crippen LogP contribution < -0.4 is 24.4 Å². The molecule has 6 heteroatoms. The first-order valence-electron chi connectivity index (χ1n) is 8.98. The molecule has 146 valence electrons. The lowest BCUT2D eigenvalue weighted by atomic mass is 10.1. The van der Waals surface area contributed by atoms with E-state index in [1.165, 1.54) is 0 Å². The monoisotopic (exact) mass is 373 g/mol. The van der Waals surface area contributed by atoms with Gasteiger partial charge in [-0.05, 0) is 30.2 Å². The summed E-state index contributed by atoms with van der Waals surface area (Å²) in [7, 11) is 6.91. The molecule has 0 spiro atoms. The Bertz CT molecular complexity index is 749. The molecule has 0 saturated carbocycles. The maximum atomic E-state index is 12.2. The number of carbonyl (C=O) groups excluding carboxylic acids is 1. The topological polar surface area (TPSA) is 61.2 Å². The van der Waals surface area contributed by atoms with Crippen molar-refractivity contribution in [3.63, 3.8) is 0 Å².